The van der Waals surface area contributed by atoms with Crippen LogP contribution in [-0.4, -0.2) is 26.2 Å². The highest BCUT2D eigenvalue weighted by atomic mass is 16.5. The van der Waals surface area contributed by atoms with Gasteiger partial charge in [0.25, 0.3) is 0 Å². The zero-order chi connectivity index (χ0) is 21.7. The summed E-state index contributed by atoms with van der Waals surface area (Å²) in [6.45, 7) is 10.5. The molecule has 0 unspecified atom stereocenters. The average molecular weight is 405 g/mol. The lowest BCUT2D eigenvalue weighted by Gasteiger charge is -2.13. The third-order valence-electron chi connectivity index (χ3n) is 4.92. The minimum Gasteiger partial charge on any atom is -0.496 e. The van der Waals surface area contributed by atoms with Gasteiger partial charge in [-0.2, -0.15) is 0 Å². The first-order chi connectivity index (χ1) is 14.5. The SMILES string of the molecule is C=CCNC(=O)/C=C(\C)c1cc2c(-c3ccc(OCC)cc3)coc2c(C)c1OC. The van der Waals surface area contributed by atoms with Crippen molar-refractivity contribution in [2.45, 2.75) is 20.8 Å². The van der Waals surface area contributed by atoms with Gasteiger partial charge in [-0.3, -0.25) is 4.79 Å². The fourth-order valence-electron chi connectivity index (χ4n) is 3.49. The second-order valence-corrected chi connectivity index (χ2v) is 6.93. The first-order valence-electron chi connectivity index (χ1n) is 9.89. The predicted molar refractivity (Wildman–Crippen MR) is 121 cm³/mol. The van der Waals surface area contributed by atoms with E-state index in [1.54, 1.807) is 25.5 Å². The Morgan fingerprint density at radius 1 is 1.27 bits per heavy atom. The largest absolute Gasteiger partial charge is 0.496 e. The highest BCUT2D eigenvalue weighted by Crippen LogP contribution is 2.40. The number of furan rings is 1. The summed E-state index contributed by atoms with van der Waals surface area (Å²) >= 11 is 0. The quantitative estimate of drug-likeness (QED) is 0.396. The van der Waals surface area contributed by atoms with Gasteiger partial charge in [0.15, 0.2) is 0 Å². The van der Waals surface area contributed by atoms with Crippen LogP contribution >= 0.6 is 0 Å². The predicted octanol–water partition coefficient (Wildman–Crippen LogP) is 5.52. The van der Waals surface area contributed by atoms with E-state index in [4.69, 9.17) is 13.9 Å². The molecule has 3 rings (SSSR count). The van der Waals surface area contributed by atoms with Crippen LogP contribution in [0.1, 0.15) is 25.0 Å². The maximum atomic E-state index is 12.2. The minimum atomic E-state index is -0.175. The monoisotopic (exact) mass is 405 g/mol. The Morgan fingerprint density at radius 3 is 2.63 bits per heavy atom. The molecule has 0 aliphatic carbocycles. The molecule has 156 valence electrons. The lowest BCUT2D eigenvalue weighted by Crippen LogP contribution is -2.20. The Kier molecular flexibility index (Phi) is 6.62. The zero-order valence-electron chi connectivity index (χ0n) is 17.9. The molecule has 0 atom stereocenters. The maximum absolute atomic E-state index is 12.2. The molecule has 1 amide bonds. The van der Waals surface area contributed by atoms with Crippen molar-refractivity contribution < 1.29 is 18.7 Å². The van der Waals surface area contributed by atoms with Crippen molar-refractivity contribution in [2.24, 2.45) is 0 Å². The molecular weight excluding hydrogens is 378 g/mol. The Balaban J connectivity index is 2.10. The number of methoxy groups -OCH3 is 1. The Bertz CT molecular complexity index is 1090. The summed E-state index contributed by atoms with van der Waals surface area (Å²) < 4.78 is 17.1. The number of rotatable bonds is 8. The van der Waals surface area contributed by atoms with Gasteiger partial charge >= 0.3 is 0 Å². The van der Waals surface area contributed by atoms with Gasteiger partial charge in [0.2, 0.25) is 5.91 Å². The smallest absolute Gasteiger partial charge is 0.244 e. The summed E-state index contributed by atoms with van der Waals surface area (Å²) in [6.07, 6.45) is 4.97. The van der Waals surface area contributed by atoms with Crippen LogP contribution in [0.5, 0.6) is 11.5 Å². The molecule has 5 nitrogen and oxygen atoms in total. The molecule has 0 aliphatic heterocycles. The van der Waals surface area contributed by atoms with Gasteiger partial charge < -0.3 is 19.2 Å². The van der Waals surface area contributed by atoms with Crippen molar-refractivity contribution in [1.82, 2.24) is 5.32 Å². The number of nitrogens with one attached hydrogen (secondary N) is 1. The summed E-state index contributed by atoms with van der Waals surface area (Å²) in [5.41, 5.74) is 5.31. The van der Waals surface area contributed by atoms with Crippen molar-refractivity contribution in [3.05, 3.63) is 66.5 Å². The Hall–Kier alpha value is -3.47. The number of amides is 1. The summed E-state index contributed by atoms with van der Waals surface area (Å²) in [5.74, 6) is 1.35. The van der Waals surface area contributed by atoms with E-state index in [0.29, 0.717) is 18.9 Å². The first-order valence-corrected chi connectivity index (χ1v) is 9.89. The molecule has 0 spiro atoms. The van der Waals surface area contributed by atoms with Crippen LogP contribution < -0.4 is 14.8 Å². The number of hydrogen-bond donors (Lipinski definition) is 1. The van der Waals surface area contributed by atoms with Crippen molar-refractivity contribution in [1.29, 1.82) is 0 Å². The van der Waals surface area contributed by atoms with E-state index >= 15 is 0 Å². The third kappa shape index (κ3) is 4.25. The second kappa shape index (κ2) is 9.35. The molecule has 1 heterocycles. The van der Waals surface area contributed by atoms with Crippen LogP contribution in [-0.2, 0) is 4.79 Å². The molecule has 3 aromatic rings. The van der Waals surface area contributed by atoms with Gasteiger partial charge in [0.1, 0.15) is 17.1 Å². The summed E-state index contributed by atoms with van der Waals surface area (Å²) in [5, 5.41) is 3.73. The van der Waals surface area contributed by atoms with Gasteiger partial charge in [0.05, 0.1) is 20.0 Å². The highest BCUT2D eigenvalue weighted by Gasteiger charge is 2.18. The standard InChI is InChI=1S/C25H27NO4/c1-6-12-26-23(27)13-16(3)20-14-21-22(15-30-25(21)17(4)24(20)28-5)18-8-10-19(11-9-18)29-7-2/h6,8-11,13-15H,1,7,12H2,2-5H3,(H,26,27)/b16-13+. The van der Waals surface area contributed by atoms with Crippen LogP contribution in [0.3, 0.4) is 0 Å². The molecule has 0 aliphatic rings. The van der Waals surface area contributed by atoms with E-state index in [1.807, 2.05) is 51.1 Å². The number of fused-ring (bicyclic) bond motifs is 1. The summed E-state index contributed by atoms with van der Waals surface area (Å²) in [6, 6.07) is 9.94. The van der Waals surface area contributed by atoms with Gasteiger partial charge in [-0.05, 0) is 50.1 Å². The fourth-order valence-corrected chi connectivity index (χ4v) is 3.49. The molecule has 0 bridgehead atoms. The third-order valence-corrected chi connectivity index (χ3v) is 4.92. The number of aryl methyl sites for hydroxylation is 1. The van der Waals surface area contributed by atoms with Gasteiger partial charge in [0, 0.05) is 34.7 Å². The molecular formula is C25H27NO4. The highest BCUT2D eigenvalue weighted by molar-refractivity contribution is 6.01. The van der Waals surface area contributed by atoms with E-state index in [2.05, 4.69) is 11.9 Å². The summed E-state index contributed by atoms with van der Waals surface area (Å²) in [7, 11) is 1.62. The van der Waals surface area contributed by atoms with Crippen LogP contribution in [0.2, 0.25) is 0 Å². The van der Waals surface area contributed by atoms with Crippen molar-refractivity contribution in [3.63, 3.8) is 0 Å². The lowest BCUT2D eigenvalue weighted by molar-refractivity contribution is -0.116. The molecule has 2 aromatic carbocycles. The van der Waals surface area contributed by atoms with E-state index in [-0.39, 0.29) is 5.91 Å². The van der Waals surface area contributed by atoms with Gasteiger partial charge in [-0.1, -0.05) is 18.2 Å². The van der Waals surface area contributed by atoms with E-state index in [9.17, 15) is 4.79 Å². The van der Waals surface area contributed by atoms with Crippen molar-refractivity contribution in [2.75, 3.05) is 20.3 Å². The van der Waals surface area contributed by atoms with Crippen molar-refractivity contribution in [3.8, 4) is 22.6 Å². The van der Waals surface area contributed by atoms with E-state index < -0.39 is 0 Å². The number of allylic oxidation sites excluding steroid dienone is 1. The van der Waals surface area contributed by atoms with E-state index in [0.717, 1.165) is 44.5 Å². The van der Waals surface area contributed by atoms with Crippen LogP contribution in [0, 0.1) is 6.92 Å². The number of benzene rings is 2. The summed E-state index contributed by atoms with van der Waals surface area (Å²) in [4.78, 5) is 12.2. The zero-order valence-corrected chi connectivity index (χ0v) is 17.9. The molecule has 1 aromatic heterocycles. The Labute approximate surface area is 177 Å². The van der Waals surface area contributed by atoms with Crippen LogP contribution in [0.4, 0.5) is 0 Å². The van der Waals surface area contributed by atoms with E-state index in [1.165, 1.54) is 0 Å². The maximum Gasteiger partial charge on any atom is 0.244 e. The topological polar surface area (TPSA) is 60.7 Å². The molecule has 0 radical (unpaired) electrons. The number of hydrogen-bond acceptors (Lipinski definition) is 4. The number of carbonyl (C=O) groups is 1. The molecule has 5 heteroatoms. The normalized spacial score (nSPS) is 11.4. The molecule has 0 saturated carbocycles. The molecule has 0 saturated heterocycles. The number of carbonyl (C=O) groups excluding carboxylic acids is 1. The Morgan fingerprint density at radius 2 is 2.00 bits per heavy atom. The lowest BCUT2D eigenvalue weighted by atomic mass is 9.96. The molecule has 0 fully saturated rings. The van der Waals surface area contributed by atoms with Gasteiger partial charge in [-0.25, -0.2) is 0 Å². The first kappa shape index (κ1) is 21.2. The minimum absolute atomic E-state index is 0.175. The van der Waals surface area contributed by atoms with Gasteiger partial charge in [-0.15, -0.1) is 6.58 Å². The molecule has 1 N–H and O–H groups in total. The number of ether oxygens (including phenoxy) is 2. The van der Waals surface area contributed by atoms with Crippen molar-refractivity contribution >= 4 is 22.4 Å². The second-order valence-electron chi connectivity index (χ2n) is 6.93. The van der Waals surface area contributed by atoms with Crippen LogP contribution in [0.15, 0.2) is 59.7 Å². The average Bonchev–Trinajstić information content (AvgIpc) is 3.17. The van der Waals surface area contributed by atoms with Crippen LogP contribution in [0.25, 0.3) is 27.7 Å². The fraction of sp³-hybridized carbons (Fsp3) is 0.240. The molecule has 30 heavy (non-hydrogen) atoms.